The molecular formula is C48H49Br2N9O6. The van der Waals surface area contributed by atoms with Crippen molar-refractivity contribution in [2.75, 3.05) is 10.7 Å². The average Bonchev–Trinajstić information content (AvgIpc) is 3.95. The molecule has 0 aliphatic rings. The van der Waals surface area contributed by atoms with Crippen molar-refractivity contribution in [2.24, 2.45) is 0 Å². The number of aromatic amines is 1. The lowest BCUT2D eigenvalue weighted by Crippen LogP contribution is -2.02. The zero-order valence-corrected chi connectivity index (χ0v) is 39.6. The van der Waals surface area contributed by atoms with Crippen LogP contribution in [0.25, 0.3) is 65.4 Å². The van der Waals surface area contributed by atoms with Crippen LogP contribution in [-0.2, 0) is 13.1 Å². The third-order valence-electron chi connectivity index (χ3n) is 11.7. The van der Waals surface area contributed by atoms with Crippen molar-refractivity contribution in [1.29, 1.82) is 0 Å². The lowest BCUT2D eigenvalue weighted by molar-refractivity contribution is -0.384. The molecule has 6 heterocycles. The van der Waals surface area contributed by atoms with Crippen molar-refractivity contribution in [3.8, 4) is 0 Å². The number of rotatable bonds is 15. The summed E-state index contributed by atoms with van der Waals surface area (Å²) in [6.07, 6.45) is 14.6. The summed E-state index contributed by atoms with van der Waals surface area (Å²) in [7, 11) is 0. The Labute approximate surface area is 391 Å². The molecule has 0 aliphatic heterocycles. The van der Waals surface area contributed by atoms with Gasteiger partial charge < -0.3 is 14.1 Å². The van der Waals surface area contributed by atoms with Gasteiger partial charge in [0.2, 0.25) is 0 Å². The molecule has 17 heteroatoms. The molecule has 0 amide bonds. The second kappa shape index (κ2) is 21.1. The number of H-pyrrole nitrogens is 1. The number of pyridine rings is 3. The van der Waals surface area contributed by atoms with Crippen molar-refractivity contribution in [3.05, 3.63) is 139 Å². The number of nitrogens with one attached hydrogen (secondary N) is 1. The van der Waals surface area contributed by atoms with Gasteiger partial charge in [0.1, 0.15) is 0 Å². The first kappa shape index (κ1) is 46.7. The van der Waals surface area contributed by atoms with E-state index in [1.165, 1.54) is 31.7 Å². The third kappa shape index (κ3) is 10.2. The summed E-state index contributed by atoms with van der Waals surface area (Å²) in [5, 5.41) is 41.4. The van der Waals surface area contributed by atoms with Gasteiger partial charge in [-0.2, -0.15) is 0 Å². The van der Waals surface area contributed by atoms with Crippen LogP contribution in [-0.4, -0.2) is 54.5 Å². The molecule has 0 radical (unpaired) electrons. The number of fused-ring (bicyclic) bond motifs is 9. The van der Waals surface area contributed by atoms with E-state index in [0.717, 1.165) is 132 Å². The van der Waals surface area contributed by atoms with E-state index in [1.807, 2.05) is 51.1 Å². The van der Waals surface area contributed by atoms with Gasteiger partial charge in [-0.25, -0.2) is 0 Å². The standard InChI is InChI=1S/C30H28N6O4.C12H9N3O2.C6H12Br2/c1-19-29-23(11-13-31-19)25-17-21(35(37)38)7-9-27(25)33(29)15-5-3-4-6-16-34-28-10-8-22(36(39)40)18-26(28)24-12-14-32-20(2)30(24)34;1-7-12-9(4-5-13-7)10-6-8(15(16)17)2-3-11(10)14-12;7-5-3-1-2-4-6-8/h7-14,17-18H,3-6,15-16H2,1-2H3;2-6,14H,1H3;1-6H2. The second-order valence-electron chi connectivity index (χ2n) is 15.9. The SMILES string of the molecule is BrCCCCCCBr.Cc1nccc2c1[nH]c1ccc([N+](=O)[O-])cc12.Cc1nccc2c3cc([N+](=O)[O-])ccc3n(CCCCCCn3c4ccc([N+](=O)[O-])cc4c4ccnc(C)c43)c12. The van der Waals surface area contributed by atoms with Crippen molar-refractivity contribution in [1.82, 2.24) is 29.1 Å². The predicted molar refractivity (Wildman–Crippen MR) is 267 cm³/mol. The number of benzene rings is 3. The van der Waals surface area contributed by atoms with Crippen molar-refractivity contribution < 1.29 is 14.8 Å². The van der Waals surface area contributed by atoms with Gasteiger partial charge in [0.15, 0.2) is 0 Å². The Morgan fingerprint density at radius 2 is 0.892 bits per heavy atom. The number of halogens is 2. The fourth-order valence-electron chi connectivity index (χ4n) is 8.61. The molecule has 0 bridgehead atoms. The summed E-state index contributed by atoms with van der Waals surface area (Å²) in [6, 6.07) is 20.7. The van der Waals surface area contributed by atoms with Crippen molar-refractivity contribution in [2.45, 2.75) is 85.2 Å². The van der Waals surface area contributed by atoms with Crippen LogP contribution in [0.3, 0.4) is 0 Å². The highest BCUT2D eigenvalue weighted by molar-refractivity contribution is 9.09. The molecule has 336 valence electrons. The third-order valence-corrected chi connectivity index (χ3v) is 12.9. The molecule has 1 N–H and O–H groups in total. The maximum atomic E-state index is 11.4. The summed E-state index contributed by atoms with van der Waals surface area (Å²) in [5.74, 6) is 0. The fraction of sp³-hybridized carbons (Fsp3) is 0.312. The zero-order chi connectivity index (χ0) is 46.2. The van der Waals surface area contributed by atoms with Gasteiger partial charge in [0.05, 0.1) is 48.4 Å². The largest absolute Gasteiger partial charge is 0.353 e. The summed E-state index contributed by atoms with van der Waals surface area (Å²) in [6.45, 7) is 7.46. The van der Waals surface area contributed by atoms with Crippen LogP contribution in [0.1, 0.15) is 68.4 Å². The van der Waals surface area contributed by atoms with Crippen LogP contribution in [0.4, 0.5) is 17.1 Å². The Hall–Kier alpha value is -6.33. The topological polar surface area (TPSA) is 194 Å². The molecule has 15 nitrogen and oxygen atoms in total. The van der Waals surface area contributed by atoms with Gasteiger partial charge >= 0.3 is 0 Å². The normalized spacial score (nSPS) is 11.3. The van der Waals surface area contributed by atoms with E-state index in [0.29, 0.717) is 0 Å². The van der Waals surface area contributed by atoms with E-state index >= 15 is 0 Å². The van der Waals surface area contributed by atoms with E-state index in [9.17, 15) is 30.3 Å². The first-order valence-corrected chi connectivity index (χ1v) is 23.8. The molecule has 9 rings (SSSR count). The first-order chi connectivity index (χ1) is 31.4. The minimum absolute atomic E-state index is 0.0890. The molecule has 0 saturated heterocycles. The van der Waals surface area contributed by atoms with Crippen LogP contribution in [0.5, 0.6) is 0 Å². The number of hydrogen-bond donors (Lipinski definition) is 1. The molecule has 9 aromatic rings. The number of aromatic nitrogens is 6. The average molecular weight is 1010 g/mol. The predicted octanol–water partition coefficient (Wildman–Crippen LogP) is 13.7. The molecule has 3 aromatic carbocycles. The minimum Gasteiger partial charge on any atom is -0.353 e. The van der Waals surface area contributed by atoms with E-state index in [1.54, 1.807) is 55.0 Å². The Morgan fingerprint density at radius 3 is 1.34 bits per heavy atom. The number of non-ortho nitro benzene ring substituents is 3. The highest BCUT2D eigenvalue weighted by Crippen LogP contribution is 2.35. The Bertz CT molecular complexity index is 3050. The summed E-state index contributed by atoms with van der Waals surface area (Å²) >= 11 is 6.78. The molecule has 0 spiro atoms. The van der Waals surface area contributed by atoms with Gasteiger partial charge in [-0.3, -0.25) is 45.3 Å². The second-order valence-corrected chi connectivity index (χ2v) is 17.5. The molecule has 6 aromatic heterocycles. The molecule has 0 saturated carbocycles. The molecule has 0 atom stereocenters. The smallest absolute Gasteiger partial charge is 0.270 e. The fourth-order valence-corrected chi connectivity index (χ4v) is 9.41. The van der Waals surface area contributed by atoms with Gasteiger partial charge in [0, 0.05) is 128 Å². The first-order valence-electron chi connectivity index (χ1n) is 21.6. The quantitative estimate of drug-likeness (QED) is 0.0450. The lowest BCUT2D eigenvalue weighted by Gasteiger charge is -2.10. The summed E-state index contributed by atoms with van der Waals surface area (Å²) in [4.78, 5) is 48.8. The van der Waals surface area contributed by atoms with Crippen LogP contribution < -0.4 is 0 Å². The number of nitrogens with zero attached hydrogens (tertiary/aromatic N) is 8. The van der Waals surface area contributed by atoms with Crippen LogP contribution in [0.15, 0.2) is 91.4 Å². The highest BCUT2D eigenvalue weighted by atomic mass is 79.9. The Balaban J connectivity index is 0.000000206. The molecule has 0 unspecified atom stereocenters. The maximum absolute atomic E-state index is 11.4. The highest BCUT2D eigenvalue weighted by Gasteiger charge is 2.18. The molecule has 0 fully saturated rings. The number of nitro benzene ring substituents is 3. The number of unbranched alkanes of at least 4 members (excludes halogenated alkanes) is 6. The number of hydrogen-bond acceptors (Lipinski definition) is 9. The molecule has 0 aliphatic carbocycles. The van der Waals surface area contributed by atoms with Crippen LogP contribution >= 0.6 is 31.9 Å². The minimum atomic E-state index is -0.383. The lowest BCUT2D eigenvalue weighted by atomic mass is 10.1. The summed E-state index contributed by atoms with van der Waals surface area (Å²) in [5.41, 5.74) is 8.84. The Kier molecular flexibility index (Phi) is 15.2. The van der Waals surface area contributed by atoms with Crippen molar-refractivity contribution >= 4 is 114 Å². The maximum Gasteiger partial charge on any atom is 0.270 e. The van der Waals surface area contributed by atoms with Gasteiger partial charge in [-0.15, -0.1) is 0 Å². The zero-order valence-electron chi connectivity index (χ0n) is 36.4. The van der Waals surface area contributed by atoms with E-state index in [2.05, 4.69) is 60.9 Å². The molecule has 65 heavy (non-hydrogen) atoms. The van der Waals surface area contributed by atoms with Crippen molar-refractivity contribution in [3.63, 3.8) is 0 Å². The van der Waals surface area contributed by atoms with E-state index < -0.39 is 0 Å². The monoisotopic (exact) mass is 1010 g/mol. The van der Waals surface area contributed by atoms with Gasteiger partial charge in [-0.1, -0.05) is 57.5 Å². The number of aryl methyl sites for hydroxylation is 5. The van der Waals surface area contributed by atoms with Crippen LogP contribution in [0, 0.1) is 51.1 Å². The van der Waals surface area contributed by atoms with Crippen LogP contribution in [0.2, 0.25) is 0 Å². The molecular weight excluding hydrogens is 958 g/mol. The Morgan fingerprint density at radius 1 is 0.492 bits per heavy atom. The van der Waals surface area contributed by atoms with Gasteiger partial charge in [-0.05, 0) is 82.9 Å². The van der Waals surface area contributed by atoms with Gasteiger partial charge in [0.25, 0.3) is 17.1 Å². The van der Waals surface area contributed by atoms with E-state index in [-0.39, 0.29) is 31.8 Å². The number of alkyl halides is 2. The van der Waals surface area contributed by atoms with E-state index in [4.69, 9.17) is 0 Å². The summed E-state index contributed by atoms with van der Waals surface area (Å²) < 4.78 is 4.48. The number of nitro groups is 3.